The lowest BCUT2D eigenvalue weighted by molar-refractivity contribution is 0.393. The monoisotopic (exact) mass is 195 g/mol. The first-order valence-corrected chi connectivity index (χ1v) is 4.85. The molecule has 0 saturated carbocycles. The summed E-state index contributed by atoms with van der Waals surface area (Å²) >= 11 is 0. The van der Waals surface area contributed by atoms with Crippen LogP contribution in [0.4, 0.5) is 0 Å². The summed E-state index contributed by atoms with van der Waals surface area (Å²) in [5.74, 6) is 0.617. The van der Waals surface area contributed by atoms with Crippen LogP contribution in [0.25, 0.3) is 0 Å². The summed E-state index contributed by atoms with van der Waals surface area (Å²) in [5.41, 5.74) is 0.987. The van der Waals surface area contributed by atoms with Gasteiger partial charge in [0, 0.05) is 12.1 Å². The number of ether oxygens (including phenoxy) is 1. The number of rotatable bonds is 5. The van der Waals surface area contributed by atoms with Gasteiger partial charge in [0.15, 0.2) is 0 Å². The molecule has 78 valence electrons. The Kier molecular flexibility index (Phi) is 4.32. The molecule has 1 aromatic rings. The van der Waals surface area contributed by atoms with Crippen molar-refractivity contribution in [2.75, 3.05) is 14.2 Å². The summed E-state index contributed by atoms with van der Waals surface area (Å²) in [7, 11) is 3.55. The predicted molar refractivity (Wildman–Crippen MR) is 55.3 cm³/mol. The fourth-order valence-corrected chi connectivity index (χ4v) is 1.38. The summed E-state index contributed by atoms with van der Waals surface area (Å²) in [4.78, 5) is 8.20. The zero-order valence-electron chi connectivity index (χ0n) is 8.95. The van der Waals surface area contributed by atoms with Crippen molar-refractivity contribution in [3.63, 3.8) is 0 Å². The quantitative estimate of drug-likeness (QED) is 0.774. The summed E-state index contributed by atoms with van der Waals surface area (Å²) < 4.78 is 5.05. The third-order valence-corrected chi connectivity index (χ3v) is 2.16. The van der Waals surface area contributed by atoms with E-state index in [0.29, 0.717) is 5.88 Å². The highest BCUT2D eigenvalue weighted by Crippen LogP contribution is 2.17. The molecule has 0 aliphatic carbocycles. The highest BCUT2D eigenvalue weighted by Gasteiger charge is 2.10. The number of hydrogen-bond donors (Lipinski definition) is 1. The predicted octanol–water partition coefficient (Wildman–Crippen LogP) is 1.55. The van der Waals surface area contributed by atoms with Gasteiger partial charge < -0.3 is 10.1 Å². The molecular formula is C10H17N3O. The molecule has 0 aliphatic rings. The molecule has 1 rings (SSSR count). The van der Waals surface area contributed by atoms with Gasteiger partial charge in [-0.3, -0.25) is 0 Å². The Morgan fingerprint density at radius 2 is 2.29 bits per heavy atom. The topological polar surface area (TPSA) is 47.0 Å². The van der Waals surface area contributed by atoms with Crippen LogP contribution in [0.1, 0.15) is 31.5 Å². The normalized spacial score (nSPS) is 12.5. The number of methoxy groups -OCH3 is 1. The van der Waals surface area contributed by atoms with E-state index in [0.717, 1.165) is 18.5 Å². The summed E-state index contributed by atoms with van der Waals surface area (Å²) in [6, 6.07) is 2.16. The molecular weight excluding hydrogens is 178 g/mol. The first-order chi connectivity index (χ1) is 6.81. The van der Waals surface area contributed by atoms with Crippen LogP contribution in [-0.4, -0.2) is 24.1 Å². The van der Waals surface area contributed by atoms with E-state index < -0.39 is 0 Å². The van der Waals surface area contributed by atoms with Crippen LogP contribution in [0.5, 0.6) is 5.88 Å². The molecule has 1 atom stereocenters. The molecule has 0 aromatic carbocycles. The van der Waals surface area contributed by atoms with Crippen LogP contribution >= 0.6 is 0 Å². The lowest BCUT2D eigenvalue weighted by Crippen LogP contribution is -2.17. The van der Waals surface area contributed by atoms with Crippen molar-refractivity contribution < 1.29 is 4.74 Å². The maximum absolute atomic E-state index is 5.05. The molecule has 0 fully saturated rings. The lowest BCUT2D eigenvalue weighted by atomic mass is 10.1. The second-order valence-electron chi connectivity index (χ2n) is 3.12. The van der Waals surface area contributed by atoms with E-state index in [4.69, 9.17) is 4.74 Å². The molecule has 0 radical (unpaired) electrons. The molecule has 0 saturated heterocycles. The van der Waals surface area contributed by atoms with Gasteiger partial charge in [-0.05, 0) is 13.5 Å². The molecule has 4 nitrogen and oxygen atoms in total. The minimum atomic E-state index is 0.289. The summed E-state index contributed by atoms with van der Waals surface area (Å²) in [6.07, 6.45) is 3.72. The first-order valence-electron chi connectivity index (χ1n) is 4.85. The number of aromatic nitrogens is 2. The van der Waals surface area contributed by atoms with E-state index >= 15 is 0 Å². The maximum Gasteiger partial charge on any atom is 0.216 e. The molecule has 0 aliphatic heterocycles. The summed E-state index contributed by atoms with van der Waals surface area (Å²) in [6.45, 7) is 2.16. The van der Waals surface area contributed by atoms with Crippen molar-refractivity contribution in [3.8, 4) is 5.88 Å². The van der Waals surface area contributed by atoms with Gasteiger partial charge in [-0.2, -0.15) is 0 Å². The van der Waals surface area contributed by atoms with E-state index in [1.54, 1.807) is 7.11 Å². The van der Waals surface area contributed by atoms with Crippen LogP contribution in [-0.2, 0) is 0 Å². The van der Waals surface area contributed by atoms with E-state index in [1.165, 1.54) is 6.33 Å². The minimum Gasteiger partial charge on any atom is -0.481 e. The van der Waals surface area contributed by atoms with Crippen molar-refractivity contribution in [1.82, 2.24) is 15.3 Å². The molecule has 0 bridgehead atoms. The zero-order valence-corrected chi connectivity index (χ0v) is 8.95. The van der Waals surface area contributed by atoms with Crippen LogP contribution in [0.2, 0.25) is 0 Å². The average Bonchev–Trinajstić information content (AvgIpc) is 2.26. The number of nitrogens with zero attached hydrogens (tertiary/aromatic N) is 2. The molecule has 0 spiro atoms. The molecule has 1 heterocycles. The zero-order chi connectivity index (χ0) is 10.4. The van der Waals surface area contributed by atoms with Crippen LogP contribution in [0.15, 0.2) is 12.4 Å². The average molecular weight is 195 g/mol. The van der Waals surface area contributed by atoms with Crippen molar-refractivity contribution in [2.45, 2.75) is 25.8 Å². The Bertz CT molecular complexity index is 278. The van der Waals surface area contributed by atoms with Gasteiger partial charge in [-0.15, -0.1) is 0 Å². The van der Waals surface area contributed by atoms with E-state index in [2.05, 4.69) is 22.2 Å². The molecule has 0 amide bonds. The van der Waals surface area contributed by atoms with E-state index in [1.807, 2.05) is 13.1 Å². The van der Waals surface area contributed by atoms with Crippen molar-refractivity contribution >= 4 is 0 Å². The Morgan fingerprint density at radius 3 is 2.86 bits per heavy atom. The third-order valence-electron chi connectivity index (χ3n) is 2.16. The standard InChI is InChI=1S/C10H17N3O/c1-4-5-8(11-2)9-6-10(14-3)13-7-12-9/h6-8,11H,4-5H2,1-3H3. The fraction of sp³-hybridized carbons (Fsp3) is 0.600. The van der Waals surface area contributed by atoms with E-state index in [9.17, 15) is 0 Å². The first kappa shape index (κ1) is 10.9. The van der Waals surface area contributed by atoms with Gasteiger partial charge in [0.1, 0.15) is 6.33 Å². The highest BCUT2D eigenvalue weighted by molar-refractivity contribution is 5.16. The Morgan fingerprint density at radius 1 is 1.50 bits per heavy atom. The van der Waals surface area contributed by atoms with Gasteiger partial charge >= 0.3 is 0 Å². The van der Waals surface area contributed by atoms with Crippen molar-refractivity contribution in [2.24, 2.45) is 0 Å². The second kappa shape index (κ2) is 5.54. The van der Waals surface area contributed by atoms with Crippen LogP contribution < -0.4 is 10.1 Å². The minimum absolute atomic E-state index is 0.289. The fourth-order valence-electron chi connectivity index (χ4n) is 1.38. The molecule has 14 heavy (non-hydrogen) atoms. The smallest absolute Gasteiger partial charge is 0.216 e. The molecule has 1 N–H and O–H groups in total. The largest absolute Gasteiger partial charge is 0.481 e. The van der Waals surface area contributed by atoms with Crippen molar-refractivity contribution in [1.29, 1.82) is 0 Å². The summed E-state index contributed by atoms with van der Waals surface area (Å²) in [5, 5.41) is 3.22. The highest BCUT2D eigenvalue weighted by atomic mass is 16.5. The van der Waals surface area contributed by atoms with Crippen LogP contribution in [0.3, 0.4) is 0 Å². The van der Waals surface area contributed by atoms with Gasteiger partial charge in [0.2, 0.25) is 5.88 Å². The third kappa shape index (κ3) is 2.67. The molecule has 1 aromatic heterocycles. The van der Waals surface area contributed by atoms with Gasteiger partial charge in [-0.25, -0.2) is 9.97 Å². The Hall–Kier alpha value is -1.16. The van der Waals surface area contributed by atoms with Gasteiger partial charge in [0.05, 0.1) is 12.8 Å². The van der Waals surface area contributed by atoms with E-state index in [-0.39, 0.29) is 6.04 Å². The molecule has 4 heteroatoms. The van der Waals surface area contributed by atoms with Gasteiger partial charge in [-0.1, -0.05) is 13.3 Å². The lowest BCUT2D eigenvalue weighted by Gasteiger charge is -2.14. The van der Waals surface area contributed by atoms with Crippen molar-refractivity contribution in [3.05, 3.63) is 18.1 Å². The van der Waals surface area contributed by atoms with Gasteiger partial charge in [0.25, 0.3) is 0 Å². The SMILES string of the molecule is CCCC(NC)c1cc(OC)ncn1. The number of nitrogens with one attached hydrogen (secondary N) is 1. The molecule has 1 unspecified atom stereocenters. The Labute approximate surface area is 84.7 Å². The second-order valence-corrected chi connectivity index (χ2v) is 3.12. The Balaban J connectivity index is 2.80. The van der Waals surface area contributed by atoms with Crippen LogP contribution in [0, 0.1) is 0 Å². The number of hydrogen-bond acceptors (Lipinski definition) is 4. The maximum atomic E-state index is 5.05.